The first-order valence-corrected chi connectivity index (χ1v) is 6.10. The van der Waals surface area contributed by atoms with E-state index in [1.807, 2.05) is 6.07 Å². The van der Waals surface area contributed by atoms with Crippen LogP contribution in [0.15, 0.2) is 42.5 Å². The molecule has 1 aromatic carbocycles. The number of para-hydroxylation sites is 1. The number of hydrogen-bond donors (Lipinski definition) is 1. The van der Waals surface area contributed by atoms with Crippen molar-refractivity contribution in [2.24, 2.45) is 0 Å². The van der Waals surface area contributed by atoms with Crippen molar-refractivity contribution in [2.75, 3.05) is 7.05 Å². The van der Waals surface area contributed by atoms with Gasteiger partial charge in [0.2, 0.25) is 0 Å². The Balaban J connectivity index is 2.14. The maximum absolute atomic E-state index is 12.1. The van der Waals surface area contributed by atoms with E-state index in [-0.39, 0.29) is 22.5 Å². The Morgan fingerprint density at radius 2 is 2.00 bits per heavy atom. The Kier molecular flexibility index (Phi) is 4.02. The van der Waals surface area contributed by atoms with Crippen LogP contribution in [0.4, 0.5) is 0 Å². The molecule has 0 aliphatic carbocycles. The maximum Gasteiger partial charge on any atom is 0.272 e. The van der Waals surface area contributed by atoms with Crippen molar-refractivity contribution in [1.82, 2.24) is 9.88 Å². The Labute approximate surface area is 116 Å². The highest BCUT2D eigenvalue weighted by atomic mass is 35.5. The van der Waals surface area contributed by atoms with Crippen LogP contribution in [0.25, 0.3) is 0 Å². The molecule has 0 unspecified atom stereocenters. The van der Waals surface area contributed by atoms with Gasteiger partial charge in [-0.15, -0.1) is 0 Å². The van der Waals surface area contributed by atoms with E-state index in [1.54, 1.807) is 43.4 Å². The number of pyridine rings is 1. The van der Waals surface area contributed by atoms with Crippen LogP contribution in [0, 0.1) is 0 Å². The maximum atomic E-state index is 12.1. The normalized spacial score (nSPS) is 10.2. The second-order valence-corrected chi connectivity index (χ2v) is 4.52. The number of carbonyl (C=O) groups excluding carboxylic acids is 1. The van der Waals surface area contributed by atoms with Gasteiger partial charge in [-0.3, -0.25) is 4.79 Å². The summed E-state index contributed by atoms with van der Waals surface area (Å²) in [5.41, 5.74) is 0.964. The zero-order valence-electron chi connectivity index (χ0n) is 10.4. The second-order valence-electron chi connectivity index (χ2n) is 4.14. The fraction of sp³-hybridized carbons (Fsp3) is 0.143. The molecule has 1 heterocycles. The summed E-state index contributed by atoms with van der Waals surface area (Å²) in [7, 11) is 1.65. The third-order valence-corrected chi connectivity index (χ3v) is 2.89. The van der Waals surface area contributed by atoms with Crippen LogP contribution < -0.4 is 0 Å². The predicted octanol–water partition coefficient (Wildman–Crippen LogP) is 2.71. The van der Waals surface area contributed by atoms with Crippen LogP contribution in [-0.4, -0.2) is 27.9 Å². The largest absolute Gasteiger partial charge is 0.508 e. The minimum absolute atomic E-state index is 0.168. The van der Waals surface area contributed by atoms with E-state index in [4.69, 9.17) is 11.6 Å². The molecule has 2 aromatic rings. The monoisotopic (exact) mass is 276 g/mol. The third-order valence-electron chi connectivity index (χ3n) is 2.68. The molecule has 0 fully saturated rings. The second kappa shape index (κ2) is 5.71. The lowest BCUT2D eigenvalue weighted by Gasteiger charge is -2.17. The molecule has 2 rings (SSSR count). The number of nitrogens with zero attached hydrogens (tertiary/aromatic N) is 2. The van der Waals surface area contributed by atoms with Crippen molar-refractivity contribution in [1.29, 1.82) is 0 Å². The lowest BCUT2D eigenvalue weighted by molar-refractivity contribution is 0.0778. The molecule has 1 aromatic heterocycles. The summed E-state index contributed by atoms with van der Waals surface area (Å²) in [5, 5.41) is 9.96. The van der Waals surface area contributed by atoms with Crippen LogP contribution in [0.3, 0.4) is 0 Å². The van der Waals surface area contributed by atoms with Crippen molar-refractivity contribution < 1.29 is 9.90 Å². The lowest BCUT2D eigenvalue weighted by atomic mass is 10.2. The zero-order valence-corrected chi connectivity index (χ0v) is 11.1. The summed E-state index contributed by atoms with van der Waals surface area (Å²) in [6.07, 6.45) is 0. The molecule has 0 saturated heterocycles. The Bertz CT molecular complexity index is 602. The Morgan fingerprint density at radius 3 is 2.68 bits per heavy atom. The van der Waals surface area contributed by atoms with E-state index in [9.17, 15) is 9.90 Å². The van der Waals surface area contributed by atoms with Gasteiger partial charge in [0.25, 0.3) is 5.91 Å². The highest BCUT2D eigenvalue weighted by molar-refractivity contribution is 6.29. The van der Waals surface area contributed by atoms with Crippen molar-refractivity contribution in [2.45, 2.75) is 6.54 Å². The molecule has 1 N–H and O–H groups in total. The van der Waals surface area contributed by atoms with Crippen LogP contribution >= 0.6 is 11.6 Å². The van der Waals surface area contributed by atoms with Gasteiger partial charge in [-0.2, -0.15) is 0 Å². The van der Waals surface area contributed by atoms with E-state index in [1.165, 1.54) is 4.90 Å². The number of aromatic hydroxyl groups is 1. The molecular weight excluding hydrogens is 264 g/mol. The fourth-order valence-electron chi connectivity index (χ4n) is 1.69. The molecule has 0 saturated carbocycles. The van der Waals surface area contributed by atoms with Gasteiger partial charge in [0.05, 0.1) is 0 Å². The first-order valence-electron chi connectivity index (χ1n) is 5.73. The summed E-state index contributed by atoms with van der Waals surface area (Å²) in [5.74, 6) is -0.0769. The molecule has 98 valence electrons. The van der Waals surface area contributed by atoms with Gasteiger partial charge in [-0.1, -0.05) is 35.9 Å². The van der Waals surface area contributed by atoms with Gasteiger partial charge in [0.15, 0.2) is 0 Å². The number of amides is 1. The van der Waals surface area contributed by atoms with Crippen molar-refractivity contribution in [3.63, 3.8) is 0 Å². The molecule has 5 heteroatoms. The summed E-state index contributed by atoms with van der Waals surface area (Å²) in [6.45, 7) is 0.305. The van der Waals surface area contributed by atoms with E-state index in [0.717, 1.165) is 0 Å². The number of halogens is 1. The first-order chi connectivity index (χ1) is 9.08. The molecule has 1 amide bonds. The summed E-state index contributed by atoms with van der Waals surface area (Å²) < 4.78 is 0. The Morgan fingerprint density at radius 1 is 1.26 bits per heavy atom. The smallest absolute Gasteiger partial charge is 0.272 e. The minimum atomic E-state index is -0.245. The summed E-state index contributed by atoms with van der Waals surface area (Å²) in [6, 6.07) is 11.8. The van der Waals surface area contributed by atoms with E-state index in [2.05, 4.69) is 4.98 Å². The van der Waals surface area contributed by atoms with Gasteiger partial charge < -0.3 is 10.0 Å². The van der Waals surface area contributed by atoms with Crippen LogP contribution in [-0.2, 0) is 6.54 Å². The van der Waals surface area contributed by atoms with Gasteiger partial charge in [0, 0.05) is 19.2 Å². The first kappa shape index (κ1) is 13.4. The number of phenols is 1. The lowest BCUT2D eigenvalue weighted by Crippen LogP contribution is -2.27. The van der Waals surface area contributed by atoms with Gasteiger partial charge in [-0.25, -0.2) is 4.98 Å². The SMILES string of the molecule is CN(Cc1ccccc1O)C(=O)c1cccc(Cl)n1. The number of hydrogen-bond acceptors (Lipinski definition) is 3. The summed E-state index contributed by atoms with van der Waals surface area (Å²) >= 11 is 5.76. The quantitative estimate of drug-likeness (QED) is 0.877. The van der Waals surface area contributed by atoms with Crippen LogP contribution in [0.2, 0.25) is 5.15 Å². The number of rotatable bonds is 3. The average Bonchev–Trinajstić information content (AvgIpc) is 2.40. The number of benzene rings is 1. The molecule has 0 atom stereocenters. The molecule has 4 nitrogen and oxygen atoms in total. The predicted molar refractivity (Wildman–Crippen MR) is 73.2 cm³/mol. The number of phenolic OH excluding ortho intramolecular Hbond substituents is 1. The molecule has 0 aliphatic heterocycles. The molecular formula is C14H13ClN2O2. The number of aromatic nitrogens is 1. The van der Waals surface area contributed by atoms with E-state index in [0.29, 0.717) is 12.1 Å². The van der Waals surface area contributed by atoms with Crippen LogP contribution in [0.5, 0.6) is 5.75 Å². The van der Waals surface area contributed by atoms with E-state index < -0.39 is 0 Å². The molecule has 0 bridgehead atoms. The van der Waals surface area contributed by atoms with Gasteiger partial charge in [-0.05, 0) is 18.2 Å². The highest BCUT2D eigenvalue weighted by Gasteiger charge is 2.14. The minimum Gasteiger partial charge on any atom is -0.508 e. The molecule has 0 radical (unpaired) electrons. The fourth-order valence-corrected chi connectivity index (χ4v) is 1.86. The Hall–Kier alpha value is -2.07. The average molecular weight is 277 g/mol. The van der Waals surface area contributed by atoms with Crippen LogP contribution in [0.1, 0.15) is 16.1 Å². The molecule has 19 heavy (non-hydrogen) atoms. The standard InChI is InChI=1S/C14H13ClN2O2/c1-17(9-10-5-2-3-7-12(10)18)14(19)11-6-4-8-13(15)16-11/h2-8,18H,9H2,1H3. The highest BCUT2D eigenvalue weighted by Crippen LogP contribution is 2.18. The topological polar surface area (TPSA) is 53.4 Å². The zero-order chi connectivity index (χ0) is 13.8. The van der Waals surface area contributed by atoms with Crippen molar-refractivity contribution in [3.05, 3.63) is 58.9 Å². The summed E-state index contributed by atoms with van der Waals surface area (Å²) in [4.78, 5) is 17.6. The van der Waals surface area contributed by atoms with Crippen molar-refractivity contribution in [3.8, 4) is 5.75 Å². The molecule has 0 spiro atoms. The third kappa shape index (κ3) is 3.23. The van der Waals surface area contributed by atoms with Gasteiger partial charge in [0.1, 0.15) is 16.6 Å². The van der Waals surface area contributed by atoms with Crippen molar-refractivity contribution >= 4 is 17.5 Å². The molecule has 0 aliphatic rings. The number of carbonyl (C=O) groups is 1. The van der Waals surface area contributed by atoms with E-state index >= 15 is 0 Å². The van der Waals surface area contributed by atoms with Gasteiger partial charge >= 0.3 is 0 Å².